The Morgan fingerprint density at radius 1 is 1.18 bits per heavy atom. The summed E-state index contributed by atoms with van der Waals surface area (Å²) < 4.78 is 1.58. The molecular weight excluding hydrogens is 463 g/mol. The van der Waals surface area contributed by atoms with Crippen molar-refractivity contribution < 1.29 is 4.79 Å². The third-order valence-electron chi connectivity index (χ3n) is 6.21. The number of fused-ring (bicyclic) bond motifs is 1. The van der Waals surface area contributed by atoms with Crippen molar-refractivity contribution in [1.82, 2.24) is 29.9 Å². The van der Waals surface area contributed by atoms with E-state index in [4.69, 9.17) is 28.2 Å². The van der Waals surface area contributed by atoms with Gasteiger partial charge in [0.05, 0.1) is 6.54 Å². The van der Waals surface area contributed by atoms with E-state index in [2.05, 4.69) is 22.2 Å². The van der Waals surface area contributed by atoms with Crippen LogP contribution in [0.1, 0.15) is 69.2 Å². The maximum absolute atomic E-state index is 12.6. The summed E-state index contributed by atoms with van der Waals surface area (Å²) in [5, 5.41) is 9.19. The number of benzene rings is 1. The Kier molecular flexibility index (Phi) is 7.65. The number of amides is 1. The lowest BCUT2D eigenvalue weighted by molar-refractivity contribution is -0.132. The number of piperidine rings is 1. The van der Waals surface area contributed by atoms with E-state index in [-0.39, 0.29) is 22.9 Å². The third-order valence-corrected chi connectivity index (χ3v) is 6.79. The van der Waals surface area contributed by atoms with Crippen LogP contribution in [0, 0.1) is 0 Å². The van der Waals surface area contributed by atoms with Gasteiger partial charge in [-0.2, -0.15) is 0 Å². The summed E-state index contributed by atoms with van der Waals surface area (Å²) in [7, 11) is 0. The zero-order chi connectivity index (χ0) is 23.4. The predicted octanol–water partition coefficient (Wildman–Crippen LogP) is 4.55. The van der Waals surface area contributed by atoms with E-state index >= 15 is 0 Å². The Hall–Kier alpha value is -2.45. The van der Waals surface area contributed by atoms with Gasteiger partial charge < -0.3 is 9.88 Å². The highest BCUT2D eigenvalue weighted by molar-refractivity contribution is 6.35. The van der Waals surface area contributed by atoms with Gasteiger partial charge in [-0.15, -0.1) is 5.10 Å². The van der Waals surface area contributed by atoms with Gasteiger partial charge in [-0.25, -0.2) is 9.67 Å². The molecule has 1 aromatic carbocycles. The van der Waals surface area contributed by atoms with E-state index in [9.17, 15) is 9.59 Å². The molecule has 33 heavy (non-hydrogen) atoms. The molecule has 1 saturated heterocycles. The van der Waals surface area contributed by atoms with Crippen LogP contribution in [0.3, 0.4) is 0 Å². The van der Waals surface area contributed by atoms with E-state index in [1.54, 1.807) is 16.8 Å². The summed E-state index contributed by atoms with van der Waals surface area (Å²) >= 11 is 12.3. The number of halogens is 2. The largest absolute Gasteiger partial charge is 0.343 e. The Morgan fingerprint density at radius 3 is 2.70 bits per heavy atom. The number of carbonyl (C=O) groups is 1. The summed E-state index contributed by atoms with van der Waals surface area (Å²) in [5.41, 5.74) is 1.12. The van der Waals surface area contributed by atoms with Crippen molar-refractivity contribution >= 4 is 40.3 Å². The highest BCUT2D eigenvalue weighted by Gasteiger charge is 2.26. The number of nitrogens with one attached hydrogen (secondary N) is 1. The number of aromatic nitrogens is 5. The minimum absolute atomic E-state index is 0.0775. The first-order valence-corrected chi connectivity index (χ1v) is 12.3. The molecule has 0 aliphatic carbocycles. The molecule has 1 aliphatic rings. The van der Waals surface area contributed by atoms with Gasteiger partial charge in [-0.3, -0.25) is 9.59 Å². The van der Waals surface area contributed by atoms with Crippen LogP contribution in [0.2, 0.25) is 10.0 Å². The molecule has 10 heteroatoms. The van der Waals surface area contributed by atoms with Gasteiger partial charge in [-0.1, -0.05) is 60.7 Å². The standard InChI is InChI=1S/C23H28Cl2N6O2/c1-2-3-4-5-6-19(32)30-11-9-15(10-12-30)21-26-22-20(23(33)27-21)28-29-31(22)14-16-7-8-17(24)13-18(16)25/h7-8,13,15H,2-6,9-12,14H2,1H3,(H,26,27,33). The Labute approximate surface area is 202 Å². The lowest BCUT2D eigenvalue weighted by Gasteiger charge is -2.31. The smallest absolute Gasteiger partial charge is 0.281 e. The van der Waals surface area contributed by atoms with Gasteiger partial charge in [-0.05, 0) is 37.0 Å². The van der Waals surface area contributed by atoms with Crippen molar-refractivity contribution in [2.45, 2.75) is 64.3 Å². The van der Waals surface area contributed by atoms with E-state index in [1.807, 2.05) is 11.0 Å². The molecule has 2 aromatic heterocycles. The van der Waals surface area contributed by atoms with Gasteiger partial charge in [0, 0.05) is 35.5 Å². The van der Waals surface area contributed by atoms with Crippen LogP contribution in [0.4, 0.5) is 0 Å². The van der Waals surface area contributed by atoms with Crippen LogP contribution in [-0.2, 0) is 11.3 Å². The van der Waals surface area contributed by atoms with Crippen LogP contribution in [0.5, 0.6) is 0 Å². The fraction of sp³-hybridized carbons (Fsp3) is 0.522. The maximum atomic E-state index is 12.6. The molecule has 1 aliphatic heterocycles. The molecule has 0 spiro atoms. The second kappa shape index (κ2) is 10.7. The number of hydrogen-bond acceptors (Lipinski definition) is 5. The fourth-order valence-electron chi connectivity index (χ4n) is 4.26. The third kappa shape index (κ3) is 5.55. The Bertz CT molecular complexity index is 1180. The predicted molar refractivity (Wildman–Crippen MR) is 129 cm³/mol. The normalized spacial score (nSPS) is 14.8. The fourth-order valence-corrected chi connectivity index (χ4v) is 4.73. The first-order chi connectivity index (χ1) is 16.0. The maximum Gasteiger partial charge on any atom is 0.281 e. The van der Waals surface area contributed by atoms with E-state index in [0.29, 0.717) is 47.6 Å². The number of carbonyl (C=O) groups excluding carboxylic acids is 1. The highest BCUT2D eigenvalue weighted by atomic mass is 35.5. The Morgan fingerprint density at radius 2 is 1.97 bits per heavy atom. The molecule has 1 N–H and O–H groups in total. The Balaban J connectivity index is 1.46. The lowest BCUT2D eigenvalue weighted by atomic mass is 9.95. The number of nitrogens with zero attached hydrogens (tertiary/aromatic N) is 5. The van der Waals surface area contributed by atoms with Gasteiger partial charge in [0.15, 0.2) is 11.2 Å². The molecule has 3 heterocycles. The van der Waals surface area contributed by atoms with Gasteiger partial charge in [0.2, 0.25) is 5.91 Å². The van der Waals surface area contributed by atoms with Crippen LogP contribution in [-0.4, -0.2) is 48.9 Å². The minimum Gasteiger partial charge on any atom is -0.343 e. The SMILES string of the molecule is CCCCCCC(=O)N1CCC(c2nc3c(nnn3Cc3ccc(Cl)cc3Cl)c(=O)[nH]2)CC1. The lowest BCUT2D eigenvalue weighted by Crippen LogP contribution is -2.38. The summed E-state index contributed by atoms with van der Waals surface area (Å²) in [6, 6.07) is 5.25. The van der Waals surface area contributed by atoms with Crippen LogP contribution < -0.4 is 5.56 Å². The first kappa shape index (κ1) is 23.7. The summed E-state index contributed by atoms with van der Waals surface area (Å²) in [4.78, 5) is 34.7. The number of aromatic amines is 1. The monoisotopic (exact) mass is 490 g/mol. The van der Waals surface area contributed by atoms with Crippen LogP contribution >= 0.6 is 23.2 Å². The van der Waals surface area contributed by atoms with E-state index < -0.39 is 0 Å². The average Bonchev–Trinajstić information content (AvgIpc) is 3.22. The quantitative estimate of drug-likeness (QED) is 0.467. The van der Waals surface area contributed by atoms with Crippen LogP contribution in [0.15, 0.2) is 23.0 Å². The minimum atomic E-state index is -0.308. The van der Waals surface area contributed by atoms with Gasteiger partial charge in [0.1, 0.15) is 5.82 Å². The second-order valence-corrected chi connectivity index (χ2v) is 9.42. The molecule has 3 aromatic rings. The number of H-pyrrole nitrogens is 1. The van der Waals surface area contributed by atoms with Gasteiger partial charge >= 0.3 is 0 Å². The summed E-state index contributed by atoms with van der Waals surface area (Å²) in [6.07, 6.45) is 6.53. The molecule has 176 valence electrons. The molecule has 0 unspecified atom stereocenters. The molecular formula is C23H28Cl2N6O2. The van der Waals surface area contributed by atoms with Gasteiger partial charge in [0.25, 0.3) is 5.56 Å². The van der Waals surface area contributed by atoms with E-state index in [0.717, 1.165) is 37.7 Å². The number of likely N-dealkylation sites (tertiary alicyclic amines) is 1. The molecule has 1 amide bonds. The zero-order valence-corrected chi connectivity index (χ0v) is 20.2. The van der Waals surface area contributed by atoms with Crippen molar-refractivity contribution in [3.05, 3.63) is 50.0 Å². The summed E-state index contributed by atoms with van der Waals surface area (Å²) in [5.74, 6) is 0.922. The second-order valence-electron chi connectivity index (χ2n) is 8.57. The molecule has 1 fully saturated rings. The first-order valence-electron chi connectivity index (χ1n) is 11.5. The number of rotatable bonds is 8. The molecule has 0 atom stereocenters. The van der Waals surface area contributed by atoms with Crippen molar-refractivity contribution in [1.29, 1.82) is 0 Å². The molecule has 0 saturated carbocycles. The molecule has 4 rings (SSSR count). The van der Waals surface area contributed by atoms with Crippen molar-refractivity contribution in [2.75, 3.05) is 13.1 Å². The topological polar surface area (TPSA) is 96.8 Å². The number of hydrogen-bond donors (Lipinski definition) is 1. The zero-order valence-electron chi connectivity index (χ0n) is 18.7. The number of unbranched alkanes of at least 4 members (excludes halogenated alkanes) is 3. The van der Waals surface area contributed by atoms with Crippen molar-refractivity contribution in [3.8, 4) is 0 Å². The van der Waals surface area contributed by atoms with Crippen molar-refractivity contribution in [2.24, 2.45) is 0 Å². The molecule has 0 radical (unpaired) electrons. The average molecular weight is 491 g/mol. The highest BCUT2D eigenvalue weighted by Crippen LogP contribution is 2.27. The van der Waals surface area contributed by atoms with Crippen LogP contribution in [0.25, 0.3) is 11.2 Å². The summed E-state index contributed by atoms with van der Waals surface area (Å²) in [6.45, 7) is 3.85. The van der Waals surface area contributed by atoms with Crippen molar-refractivity contribution in [3.63, 3.8) is 0 Å². The molecule has 0 bridgehead atoms. The van der Waals surface area contributed by atoms with E-state index in [1.165, 1.54) is 6.42 Å². The molecule has 8 nitrogen and oxygen atoms in total.